The molecule has 0 aliphatic carbocycles. The molecule has 6 heteroatoms. The van der Waals surface area contributed by atoms with Crippen molar-refractivity contribution in [3.05, 3.63) is 52.3 Å². The number of pyridine rings is 1. The summed E-state index contributed by atoms with van der Waals surface area (Å²) in [6, 6.07) is 11.0. The summed E-state index contributed by atoms with van der Waals surface area (Å²) in [4.78, 5) is 19.6. The molecule has 5 nitrogen and oxygen atoms in total. The maximum Gasteiger partial charge on any atom is 0.201 e. The summed E-state index contributed by atoms with van der Waals surface area (Å²) in [5, 5.41) is 0. The number of nitrogen functional groups attached to an aromatic ring is 1. The van der Waals surface area contributed by atoms with Crippen LogP contribution in [-0.4, -0.2) is 20.8 Å². The minimum Gasteiger partial charge on any atom is -0.369 e. The van der Waals surface area contributed by atoms with Gasteiger partial charge in [-0.1, -0.05) is 6.07 Å². The Hall–Kier alpha value is -2.21. The highest BCUT2D eigenvalue weighted by atomic mass is 79.9. The average Bonchev–Trinajstić information content (AvgIpc) is 2.74. The number of hydrogen-bond acceptors (Lipinski definition) is 4. The first kappa shape index (κ1) is 12.8. The first-order valence-electron chi connectivity index (χ1n) is 6.00. The zero-order chi connectivity index (χ0) is 14.1. The van der Waals surface area contributed by atoms with E-state index in [2.05, 4.69) is 25.9 Å². The van der Waals surface area contributed by atoms with Crippen molar-refractivity contribution >= 4 is 39.2 Å². The summed E-state index contributed by atoms with van der Waals surface area (Å²) in [7, 11) is 0. The van der Waals surface area contributed by atoms with Gasteiger partial charge in [-0.3, -0.25) is 4.79 Å². The number of halogens is 1. The predicted molar refractivity (Wildman–Crippen MR) is 80.6 cm³/mol. The highest BCUT2D eigenvalue weighted by Crippen LogP contribution is 2.20. The van der Waals surface area contributed by atoms with Crippen LogP contribution in [0.4, 0.5) is 5.95 Å². The van der Waals surface area contributed by atoms with Gasteiger partial charge in [-0.2, -0.15) is 0 Å². The lowest BCUT2D eigenvalue weighted by Crippen LogP contribution is -2.06. The van der Waals surface area contributed by atoms with Crippen molar-refractivity contribution in [2.45, 2.75) is 6.54 Å². The molecule has 20 heavy (non-hydrogen) atoms. The van der Waals surface area contributed by atoms with Gasteiger partial charge >= 0.3 is 0 Å². The highest BCUT2D eigenvalue weighted by molar-refractivity contribution is 9.10. The monoisotopic (exact) mass is 330 g/mol. The van der Waals surface area contributed by atoms with E-state index >= 15 is 0 Å². The molecule has 0 spiro atoms. The smallest absolute Gasteiger partial charge is 0.201 e. The third-order valence-corrected chi connectivity index (χ3v) is 3.47. The Balaban J connectivity index is 2.10. The van der Waals surface area contributed by atoms with Crippen molar-refractivity contribution in [3.8, 4) is 0 Å². The van der Waals surface area contributed by atoms with Gasteiger partial charge in [0.15, 0.2) is 0 Å². The van der Waals surface area contributed by atoms with Crippen molar-refractivity contribution < 1.29 is 4.79 Å². The number of fused-ring (bicyclic) bond motifs is 1. The number of aldehydes is 1. The van der Waals surface area contributed by atoms with E-state index in [1.807, 2.05) is 22.8 Å². The molecule has 0 saturated carbocycles. The zero-order valence-electron chi connectivity index (χ0n) is 10.5. The van der Waals surface area contributed by atoms with Gasteiger partial charge in [0.25, 0.3) is 0 Å². The van der Waals surface area contributed by atoms with Crippen LogP contribution in [0.25, 0.3) is 11.0 Å². The quantitative estimate of drug-likeness (QED) is 0.591. The first-order valence-corrected chi connectivity index (χ1v) is 6.79. The maximum absolute atomic E-state index is 10.9. The molecule has 0 saturated heterocycles. The van der Waals surface area contributed by atoms with Crippen molar-refractivity contribution in [1.29, 1.82) is 0 Å². The number of nitrogens with zero attached hydrogens (tertiary/aromatic N) is 3. The summed E-state index contributed by atoms with van der Waals surface area (Å²) in [6.07, 6.45) is 0.810. The van der Waals surface area contributed by atoms with E-state index in [0.29, 0.717) is 18.1 Å². The lowest BCUT2D eigenvalue weighted by Gasteiger charge is -2.06. The summed E-state index contributed by atoms with van der Waals surface area (Å²) in [5.74, 6) is 0.407. The second-order valence-corrected chi connectivity index (χ2v) is 5.19. The molecule has 1 aromatic carbocycles. The summed E-state index contributed by atoms with van der Waals surface area (Å²) in [5.41, 5.74) is 9.01. The molecule has 0 fully saturated rings. The fourth-order valence-electron chi connectivity index (χ4n) is 2.10. The van der Waals surface area contributed by atoms with Gasteiger partial charge in [-0.25, -0.2) is 9.97 Å². The number of rotatable bonds is 3. The molecular weight excluding hydrogens is 320 g/mol. The summed E-state index contributed by atoms with van der Waals surface area (Å²) in [6.45, 7) is 0.504. The largest absolute Gasteiger partial charge is 0.369 e. The summed E-state index contributed by atoms with van der Waals surface area (Å²) >= 11 is 3.34. The zero-order valence-corrected chi connectivity index (χ0v) is 12.0. The van der Waals surface area contributed by atoms with Crippen LogP contribution < -0.4 is 5.73 Å². The third-order valence-electron chi connectivity index (χ3n) is 3.03. The van der Waals surface area contributed by atoms with Gasteiger partial charge in [0.2, 0.25) is 5.95 Å². The van der Waals surface area contributed by atoms with E-state index in [-0.39, 0.29) is 0 Å². The standard InChI is InChI=1S/C14H11BrN4O/c15-13-3-1-2-10(17-13)7-19-12-6-9(8-20)4-5-11(12)18-14(19)16/h1-6,8H,7H2,(H2,16,18). The molecule has 2 heterocycles. The van der Waals surface area contributed by atoms with Crippen LogP contribution in [0, 0.1) is 0 Å². The minimum absolute atomic E-state index is 0.407. The van der Waals surface area contributed by atoms with Gasteiger partial charge in [-0.05, 0) is 46.3 Å². The van der Waals surface area contributed by atoms with Gasteiger partial charge in [0.1, 0.15) is 10.9 Å². The second-order valence-electron chi connectivity index (χ2n) is 4.37. The Labute approximate surface area is 123 Å². The first-order chi connectivity index (χ1) is 9.67. The lowest BCUT2D eigenvalue weighted by molar-refractivity contribution is 0.112. The molecule has 0 atom stereocenters. The lowest BCUT2D eigenvalue weighted by atomic mass is 10.2. The van der Waals surface area contributed by atoms with Crippen LogP contribution in [0.3, 0.4) is 0 Å². The minimum atomic E-state index is 0.407. The van der Waals surface area contributed by atoms with Crippen LogP contribution in [0.2, 0.25) is 0 Å². The fraction of sp³-hybridized carbons (Fsp3) is 0.0714. The predicted octanol–water partition coefficient (Wildman–Crippen LogP) is 2.64. The van der Waals surface area contributed by atoms with E-state index in [0.717, 1.165) is 27.6 Å². The Morgan fingerprint density at radius 3 is 2.85 bits per heavy atom. The van der Waals surface area contributed by atoms with Crippen LogP contribution in [0.5, 0.6) is 0 Å². The molecule has 0 aliphatic heterocycles. The van der Waals surface area contributed by atoms with Gasteiger partial charge in [-0.15, -0.1) is 0 Å². The van der Waals surface area contributed by atoms with Crippen LogP contribution in [0.15, 0.2) is 41.0 Å². The van der Waals surface area contributed by atoms with Crippen LogP contribution in [0.1, 0.15) is 16.1 Å². The molecule has 3 rings (SSSR count). The molecule has 3 aromatic rings. The summed E-state index contributed by atoms with van der Waals surface area (Å²) < 4.78 is 2.61. The molecule has 0 amide bonds. The molecule has 0 bridgehead atoms. The molecule has 0 radical (unpaired) electrons. The third kappa shape index (κ3) is 2.30. The van der Waals surface area contributed by atoms with E-state index in [1.54, 1.807) is 18.2 Å². The topological polar surface area (TPSA) is 73.8 Å². The van der Waals surface area contributed by atoms with Crippen molar-refractivity contribution in [3.63, 3.8) is 0 Å². The van der Waals surface area contributed by atoms with E-state index in [4.69, 9.17) is 5.73 Å². The normalized spacial score (nSPS) is 10.8. The van der Waals surface area contributed by atoms with Gasteiger partial charge in [0.05, 0.1) is 23.3 Å². The van der Waals surface area contributed by atoms with Crippen molar-refractivity contribution in [2.75, 3.05) is 5.73 Å². The van der Waals surface area contributed by atoms with E-state index < -0.39 is 0 Å². The van der Waals surface area contributed by atoms with E-state index in [1.165, 1.54) is 0 Å². The Bertz CT molecular complexity index is 797. The number of benzene rings is 1. The van der Waals surface area contributed by atoms with Crippen LogP contribution in [-0.2, 0) is 6.54 Å². The number of aromatic nitrogens is 3. The Morgan fingerprint density at radius 1 is 1.25 bits per heavy atom. The van der Waals surface area contributed by atoms with Crippen LogP contribution >= 0.6 is 15.9 Å². The van der Waals surface area contributed by atoms with E-state index in [9.17, 15) is 4.79 Å². The Morgan fingerprint density at radius 2 is 2.10 bits per heavy atom. The number of nitrogens with two attached hydrogens (primary N) is 1. The Kier molecular flexibility index (Phi) is 3.23. The highest BCUT2D eigenvalue weighted by Gasteiger charge is 2.10. The molecule has 100 valence electrons. The molecule has 2 aromatic heterocycles. The average molecular weight is 331 g/mol. The van der Waals surface area contributed by atoms with Crippen molar-refractivity contribution in [1.82, 2.24) is 14.5 Å². The molecule has 2 N–H and O–H groups in total. The molecular formula is C14H11BrN4O. The van der Waals surface area contributed by atoms with Gasteiger partial charge in [0, 0.05) is 5.56 Å². The number of anilines is 1. The van der Waals surface area contributed by atoms with Crippen molar-refractivity contribution in [2.24, 2.45) is 0 Å². The number of carbonyl (C=O) groups is 1. The van der Waals surface area contributed by atoms with Gasteiger partial charge < -0.3 is 10.3 Å². The fourth-order valence-corrected chi connectivity index (χ4v) is 2.48. The molecule has 0 unspecified atom stereocenters. The second kappa shape index (κ2) is 5.05. The number of hydrogen-bond donors (Lipinski definition) is 1. The maximum atomic E-state index is 10.9. The SMILES string of the molecule is Nc1nc2ccc(C=O)cc2n1Cc1cccc(Br)n1. The number of imidazole rings is 1. The molecule has 0 aliphatic rings. The number of carbonyl (C=O) groups excluding carboxylic acids is 1.